The molecule has 1 aliphatic heterocycles. The molecule has 0 aliphatic carbocycles. The van der Waals surface area contributed by atoms with Crippen molar-refractivity contribution in [2.45, 2.75) is 19.9 Å². The van der Waals surface area contributed by atoms with Crippen molar-refractivity contribution in [2.75, 3.05) is 24.7 Å². The average molecular weight is 426 g/mol. The predicted octanol–water partition coefficient (Wildman–Crippen LogP) is 3.29. The molecule has 6 heterocycles. The van der Waals surface area contributed by atoms with Crippen LogP contribution in [0.15, 0.2) is 49.2 Å². The van der Waals surface area contributed by atoms with E-state index >= 15 is 0 Å². The van der Waals surface area contributed by atoms with Gasteiger partial charge in [0.2, 0.25) is 0 Å². The number of hydrogen-bond donors (Lipinski definition) is 1. The number of nitrogens with one attached hydrogen (secondary N) is 1. The second-order valence-electron chi connectivity index (χ2n) is 8.03. The minimum Gasteiger partial charge on any atom is -0.377 e. The zero-order valence-corrected chi connectivity index (χ0v) is 17.9. The van der Waals surface area contributed by atoms with Crippen LogP contribution in [0.4, 0.5) is 5.82 Å². The van der Waals surface area contributed by atoms with Gasteiger partial charge >= 0.3 is 0 Å². The van der Waals surface area contributed by atoms with Crippen LogP contribution in [0.3, 0.4) is 0 Å². The molecule has 5 aromatic rings. The molecule has 0 aromatic carbocycles. The van der Waals surface area contributed by atoms with E-state index in [1.807, 2.05) is 48.1 Å². The van der Waals surface area contributed by atoms with E-state index in [1.54, 1.807) is 12.5 Å². The summed E-state index contributed by atoms with van der Waals surface area (Å²) in [5, 5.41) is 0.982. The molecule has 0 amide bonds. The Morgan fingerprint density at radius 1 is 1.09 bits per heavy atom. The summed E-state index contributed by atoms with van der Waals surface area (Å²) in [7, 11) is 0. The molecule has 0 bridgehead atoms. The lowest BCUT2D eigenvalue weighted by molar-refractivity contribution is 0.0987. The molecule has 0 spiro atoms. The zero-order valence-electron chi connectivity index (χ0n) is 17.9. The number of aromatic amines is 1. The van der Waals surface area contributed by atoms with Crippen LogP contribution in [-0.4, -0.2) is 60.3 Å². The number of anilines is 1. The number of aryl methyl sites for hydroxylation is 1. The molecular formula is C23H22N8O. The normalized spacial score (nSPS) is 16.8. The fourth-order valence-corrected chi connectivity index (χ4v) is 4.19. The molecular weight excluding hydrogens is 404 g/mol. The number of fused-ring (bicyclic) bond motifs is 2. The number of H-pyrrole nitrogens is 1. The summed E-state index contributed by atoms with van der Waals surface area (Å²) in [6.07, 6.45) is 7.29. The molecule has 0 unspecified atom stereocenters. The maximum atomic E-state index is 5.66. The first kappa shape index (κ1) is 18.9. The molecule has 1 aliphatic rings. The number of aromatic nitrogens is 7. The average Bonchev–Trinajstić information content (AvgIpc) is 3.46. The highest BCUT2D eigenvalue weighted by atomic mass is 16.5. The highest BCUT2D eigenvalue weighted by Gasteiger charge is 2.26. The van der Waals surface area contributed by atoms with Crippen molar-refractivity contribution in [2.24, 2.45) is 0 Å². The number of pyridine rings is 2. The Hall–Kier alpha value is -3.85. The first-order chi connectivity index (χ1) is 15.7. The van der Waals surface area contributed by atoms with Crippen molar-refractivity contribution >= 4 is 28.0 Å². The Morgan fingerprint density at radius 2 is 2.03 bits per heavy atom. The molecule has 9 nitrogen and oxygen atoms in total. The fraction of sp³-hybridized carbons (Fsp3) is 0.261. The lowest BCUT2D eigenvalue weighted by Crippen LogP contribution is -2.44. The number of hydrogen-bond acceptors (Lipinski definition) is 7. The highest BCUT2D eigenvalue weighted by Crippen LogP contribution is 2.32. The molecule has 9 heteroatoms. The third kappa shape index (κ3) is 3.01. The molecule has 160 valence electrons. The van der Waals surface area contributed by atoms with E-state index in [4.69, 9.17) is 19.7 Å². The summed E-state index contributed by atoms with van der Waals surface area (Å²) < 4.78 is 7.63. The van der Waals surface area contributed by atoms with Gasteiger partial charge in [0.15, 0.2) is 22.8 Å². The van der Waals surface area contributed by atoms with Crippen LogP contribution < -0.4 is 4.90 Å². The molecule has 1 fully saturated rings. The lowest BCUT2D eigenvalue weighted by Gasteiger charge is -2.34. The van der Waals surface area contributed by atoms with Gasteiger partial charge < -0.3 is 14.6 Å². The Bertz CT molecular complexity index is 1420. The number of imidazole rings is 1. The molecule has 1 atom stereocenters. The molecule has 1 saturated heterocycles. The van der Waals surface area contributed by atoms with Gasteiger partial charge in [-0.25, -0.2) is 19.9 Å². The van der Waals surface area contributed by atoms with Gasteiger partial charge in [-0.2, -0.15) is 0 Å². The van der Waals surface area contributed by atoms with Crippen LogP contribution in [0.25, 0.3) is 39.3 Å². The number of ether oxygens (including phenoxy) is 1. The van der Waals surface area contributed by atoms with Gasteiger partial charge in [-0.3, -0.25) is 9.55 Å². The topological polar surface area (TPSA) is 97.6 Å². The van der Waals surface area contributed by atoms with Crippen molar-refractivity contribution in [1.29, 1.82) is 0 Å². The standard InChI is InChI=1S/C23H22N8O/c1-14-3-4-16(11-26-14)31-13-27-19-22(30-9-10-32-12-15(30)2)28-21(29-23(19)31)18-6-8-25-20-17(18)5-7-24-20/h3-8,11,13,15H,9-10,12H2,1-2H3,(H,24,25)/t15-/m1/s1. The van der Waals surface area contributed by atoms with Gasteiger partial charge in [-0.15, -0.1) is 0 Å². The van der Waals surface area contributed by atoms with Crippen molar-refractivity contribution < 1.29 is 4.74 Å². The van der Waals surface area contributed by atoms with Gasteiger partial charge in [-0.05, 0) is 38.1 Å². The second-order valence-corrected chi connectivity index (χ2v) is 8.03. The molecule has 32 heavy (non-hydrogen) atoms. The monoisotopic (exact) mass is 426 g/mol. The van der Waals surface area contributed by atoms with Crippen LogP contribution in [0.2, 0.25) is 0 Å². The van der Waals surface area contributed by atoms with E-state index < -0.39 is 0 Å². The Labute approximate surface area is 184 Å². The van der Waals surface area contributed by atoms with Crippen LogP contribution >= 0.6 is 0 Å². The summed E-state index contributed by atoms with van der Waals surface area (Å²) in [5.74, 6) is 1.46. The Kier molecular flexibility index (Phi) is 4.36. The number of morpholine rings is 1. The number of nitrogens with zero attached hydrogens (tertiary/aromatic N) is 7. The van der Waals surface area contributed by atoms with Crippen molar-refractivity contribution in [3.8, 4) is 17.1 Å². The zero-order chi connectivity index (χ0) is 21.7. The minimum atomic E-state index is 0.186. The first-order valence-corrected chi connectivity index (χ1v) is 10.6. The van der Waals surface area contributed by atoms with E-state index in [1.165, 1.54) is 0 Å². The van der Waals surface area contributed by atoms with E-state index in [9.17, 15) is 0 Å². The van der Waals surface area contributed by atoms with Crippen LogP contribution in [0.5, 0.6) is 0 Å². The quantitative estimate of drug-likeness (QED) is 0.473. The minimum absolute atomic E-state index is 0.186. The van der Waals surface area contributed by atoms with Crippen LogP contribution in [0.1, 0.15) is 12.6 Å². The maximum absolute atomic E-state index is 5.66. The summed E-state index contributed by atoms with van der Waals surface area (Å²) in [4.78, 5) is 29.0. The second kappa shape index (κ2) is 7.38. The summed E-state index contributed by atoms with van der Waals surface area (Å²) in [6, 6.07) is 8.16. The van der Waals surface area contributed by atoms with Crippen LogP contribution in [-0.2, 0) is 4.74 Å². The largest absolute Gasteiger partial charge is 0.377 e. The number of rotatable bonds is 3. The van der Waals surface area contributed by atoms with E-state index in [2.05, 4.69) is 26.8 Å². The summed E-state index contributed by atoms with van der Waals surface area (Å²) >= 11 is 0. The first-order valence-electron chi connectivity index (χ1n) is 10.6. The molecule has 6 rings (SSSR count). The van der Waals surface area contributed by atoms with E-state index in [0.29, 0.717) is 19.0 Å². The summed E-state index contributed by atoms with van der Waals surface area (Å²) in [5.41, 5.74) is 5.12. The van der Waals surface area contributed by atoms with Gasteiger partial charge in [0.05, 0.1) is 31.1 Å². The lowest BCUT2D eigenvalue weighted by atomic mass is 10.1. The van der Waals surface area contributed by atoms with Gasteiger partial charge in [-0.1, -0.05) is 0 Å². The van der Waals surface area contributed by atoms with Crippen molar-refractivity contribution in [3.63, 3.8) is 0 Å². The Morgan fingerprint density at radius 3 is 2.88 bits per heavy atom. The molecule has 5 aromatic heterocycles. The van der Waals surface area contributed by atoms with Crippen molar-refractivity contribution in [3.05, 3.63) is 54.9 Å². The smallest absolute Gasteiger partial charge is 0.170 e. The van der Waals surface area contributed by atoms with E-state index in [-0.39, 0.29) is 6.04 Å². The van der Waals surface area contributed by atoms with Crippen molar-refractivity contribution in [1.82, 2.24) is 34.5 Å². The molecule has 1 N–H and O–H groups in total. The molecule has 0 saturated carbocycles. The summed E-state index contributed by atoms with van der Waals surface area (Å²) in [6.45, 7) is 6.18. The SMILES string of the molecule is Cc1ccc(-n2cnc3c(N4CCOC[C@H]4C)nc(-c4ccnc5[nH]ccc45)nc32)cn1. The molecule has 0 radical (unpaired) electrons. The third-order valence-corrected chi connectivity index (χ3v) is 5.89. The van der Waals surface area contributed by atoms with Gasteiger partial charge in [0.25, 0.3) is 0 Å². The van der Waals surface area contributed by atoms with Gasteiger partial charge in [0.1, 0.15) is 12.0 Å². The third-order valence-electron chi connectivity index (χ3n) is 5.89. The predicted molar refractivity (Wildman–Crippen MR) is 122 cm³/mol. The highest BCUT2D eigenvalue weighted by molar-refractivity contribution is 5.94. The fourth-order valence-electron chi connectivity index (χ4n) is 4.19. The van der Waals surface area contributed by atoms with Crippen LogP contribution in [0, 0.1) is 6.92 Å². The van der Waals surface area contributed by atoms with Gasteiger partial charge in [0, 0.05) is 35.6 Å². The Balaban J connectivity index is 1.62. The maximum Gasteiger partial charge on any atom is 0.170 e. The van der Waals surface area contributed by atoms with E-state index in [0.717, 1.165) is 51.5 Å².